The summed E-state index contributed by atoms with van der Waals surface area (Å²) in [6, 6.07) is 19.8. The zero-order chi connectivity index (χ0) is 32.6. The number of anilines is 3. The molecule has 3 aromatic carbocycles. The predicted molar refractivity (Wildman–Crippen MR) is 177 cm³/mol. The quantitative estimate of drug-likeness (QED) is 0.273. The third kappa shape index (κ3) is 9.71. The highest BCUT2D eigenvalue weighted by Crippen LogP contribution is 2.25. The van der Waals surface area contributed by atoms with Crippen molar-refractivity contribution < 1.29 is 28.6 Å². The van der Waals surface area contributed by atoms with Gasteiger partial charge in [0.25, 0.3) is 11.8 Å². The Labute approximate surface area is 265 Å². The van der Waals surface area contributed by atoms with Gasteiger partial charge in [-0.15, -0.1) is 0 Å². The number of piperidine rings is 1. The number of methoxy groups -OCH3 is 1. The number of benzene rings is 3. The van der Waals surface area contributed by atoms with Gasteiger partial charge in [-0.3, -0.25) is 9.59 Å². The van der Waals surface area contributed by atoms with E-state index in [4.69, 9.17) is 14.2 Å². The number of aryl methyl sites for hydroxylation is 1. The molecule has 0 spiro atoms. The van der Waals surface area contributed by atoms with Crippen molar-refractivity contribution in [3.8, 4) is 5.75 Å². The van der Waals surface area contributed by atoms with Crippen LogP contribution in [0.1, 0.15) is 59.9 Å². The predicted octanol–water partition coefficient (Wildman–Crippen LogP) is 6.36. The Morgan fingerprint density at radius 1 is 0.911 bits per heavy atom. The van der Waals surface area contributed by atoms with E-state index in [2.05, 4.69) is 10.6 Å². The van der Waals surface area contributed by atoms with Crippen LogP contribution >= 0.6 is 0 Å². The number of likely N-dealkylation sites (N-methyl/N-ethyl adjacent to an activating group) is 1. The molecule has 3 aromatic rings. The number of carbonyl (C=O) groups excluding carboxylic acids is 3. The summed E-state index contributed by atoms with van der Waals surface area (Å²) < 4.78 is 16.8. The van der Waals surface area contributed by atoms with Crippen molar-refractivity contribution in [3.05, 3.63) is 83.4 Å². The summed E-state index contributed by atoms with van der Waals surface area (Å²) in [7, 11) is 3.61. The molecular weight excluding hydrogens is 572 g/mol. The standard InChI is InChI=1S/C35H44N4O6/c1-24-13-14-27(36-32(40)25-9-7-11-28(21-25)38(5)19-20-43-6)23-31(24)37-33(41)26-10-8-12-30(22-26)44-29-15-17-39(18-16-29)34(42)45-35(2,3)4/h7-14,21-23,29H,15-20H2,1-6H3,(H,36,40)(H,37,41). The Kier molecular flexibility index (Phi) is 11.1. The summed E-state index contributed by atoms with van der Waals surface area (Å²) in [5, 5.41) is 5.91. The van der Waals surface area contributed by atoms with Crippen molar-refractivity contribution in [2.75, 3.05) is 55.9 Å². The van der Waals surface area contributed by atoms with Gasteiger partial charge in [0.15, 0.2) is 0 Å². The maximum Gasteiger partial charge on any atom is 0.410 e. The van der Waals surface area contributed by atoms with E-state index < -0.39 is 5.60 Å². The number of likely N-dealkylation sites (tertiary alicyclic amines) is 1. The molecule has 1 saturated heterocycles. The highest BCUT2D eigenvalue weighted by atomic mass is 16.6. The van der Waals surface area contributed by atoms with Gasteiger partial charge in [-0.05, 0) is 81.8 Å². The number of nitrogens with one attached hydrogen (secondary N) is 2. The first-order chi connectivity index (χ1) is 21.4. The van der Waals surface area contributed by atoms with Crippen LogP contribution in [0.15, 0.2) is 66.7 Å². The third-order valence-electron chi connectivity index (χ3n) is 7.42. The Morgan fingerprint density at radius 3 is 2.27 bits per heavy atom. The number of hydrogen-bond donors (Lipinski definition) is 2. The highest BCUT2D eigenvalue weighted by molar-refractivity contribution is 6.07. The highest BCUT2D eigenvalue weighted by Gasteiger charge is 2.27. The van der Waals surface area contributed by atoms with Crippen molar-refractivity contribution in [1.29, 1.82) is 0 Å². The van der Waals surface area contributed by atoms with E-state index in [1.54, 1.807) is 48.4 Å². The summed E-state index contributed by atoms with van der Waals surface area (Å²) in [4.78, 5) is 42.4. The zero-order valence-electron chi connectivity index (χ0n) is 27.0. The lowest BCUT2D eigenvalue weighted by Gasteiger charge is -2.33. The molecule has 2 N–H and O–H groups in total. The second-order valence-electron chi connectivity index (χ2n) is 12.2. The molecule has 1 aliphatic heterocycles. The summed E-state index contributed by atoms with van der Waals surface area (Å²) >= 11 is 0. The number of nitrogens with zero attached hydrogens (tertiary/aromatic N) is 2. The van der Waals surface area contributed by atoms with E-state index in [1.807, 2.05) is 70.0 Å². The van der Waals surface area contributed by atoms with Gasteiger partial charge in [0.1, 0.15) is 17.5 Å². The van der Waals surface area contributed by atoms with Gasteiger partial charge in [0.05, 0.1) is 6.61 Å². The smallest absolute Gasteiger partial charge is 0.410 e. The SMILES string of the molecule is COCCN(C)c1cccc(C(=O)Nc2ccc(C)c(NC(=O)c3cccc(OC4CCN(C(=O)OC(C)(C)C)CC4)c3)c2)c1. The monoisotopic (exact) mass is 616 g/mol. The van der Waals surface area contributed by atoms with Crippen LogP contribution in [0.5, 0.6) is 5.75 Å². The number of rotatable bonds is 10. The average molecular weight is 617 g/mol. The Balaban J connectivity index is 1.35. The number of hydrogen-bond acceptors (Lipinski definition) is 7. The van der Waals surface area contributed by atoms with Crippen molar-refractivity contribution in [2.24, 2.45) is 0 Å². The number of amides is 3. The first kappa shape index (κ1) is 33.3. The van der Waals surface area contributed by atoms with Crippen LogP contribution in [0.3, 0.4) is 0 Å². The van der Waals surface area contributed by atoms with E-state index >= 15 is 0 Å². The van der Waals surface area contributed by atoms with Crippen molar-refractivity contribution >= 4 is 35.0 Å². The summed E-state index contributed by atoms with van der Waals surface area (Å²) in [5.41, 5.74) is 3.35. The van der Waals surface area contributed by atoms with Gasteiger partial charge in [-0.1, -0.05) is 18.2 Å². The van der Waals surface area contributed by atoms with Crippen LogP contribution in [-0.2, 0) is 9.47 Å². The molecule has 3 amide bonds. The van der Waals surface area contributed by atoms with Crippen molar-refractivity contribution in [2.45, 2.75) is 52.2 Å². The van der Waals surface area contributed by atoms with Crippen LogP contribution in [0, 0.1) is 6.92 Å². The fourth-order valence-corrected chi connectivity index (χ4v) is 4.86. The van der Waals surface area contributed by atoms with Crippen LogP contribution in [-0.4, -0.2) is 74.9 Å². The summed E-state index contributed by atoms with van der Waals surface area (Å²) in [5.74, 6) is 0.0460. The molecule has 0 bridgehead atoms. The van der Waals surface area contributed by atoms with Gasteiger partial charge >= 0.3 is 6.09 Å². The molecule has 4 rings (SSSR count). The normalized spacial score (nSPS) is 13.6. The Morgan fingerprint density at radius 2 is 1.58 bits per heavy atom. The lowest BCUT2D eigenvalue weighted by Crippen LogP contribution is -2.44. The minimum atomic E-state index is -0.534. The average Bonchev–Trinajstić information content (AvgIpc) is 3.01. The second-order valence-corrected chi connectivity index (χ2v) is 12.2. The molecule has 10 nitrogen and oxygen atoms in total. The molecule has 1 aliphatic rings. The summed E-state index contributed by atoms with van der Waals surface area (Å²) in [6.07, 6.45) is 0.954. The molecule has 0 saturated carbocycles. The maximum absolute atomic E-state index is 13.2. The fourth-order valence-electron chi connectivity index (χ4n) is 4.86. The van der Waals surface area contributed by atoms with Crippen molar-refractivity contribution in [3.63, 3.8) is 0 Å². The lowest BCUT2D eigenvalue weighted by molar-refractivity contribution is 0.0126. The first-order valence-electron chi connectivity index (χ1n) is 15.2. The molecular formula is C35H44N4O6. The fraction of sp³-hybridized carbons (Fsp3) is 0.400. The molecule has 45 heavy (non-hydrogen) atoms. The van der Waals surface area contributed by atoms with E-state index in [1.165, 1.54) is 0 Å². The Hall–Kier alpha value is -4.57. The Bertz CT molecular complexity index is 1490. The van der Waals surface area contributed by atoms with Crippen LogP contribution in [0.2, 0.25) is 0 Å². The molecule has 240 valence electrons. The largest absolute Gasteiger partial charge is 0.490 e. The second kappa shape index (κ2) is 14.9. The first-order valence-corrected chi connectivity index (χ1v) is 15.2. The van der Waals surface area contributed by atoms with Gasteiger partial charge in [0, 0.05) is 74.8 Å². The maximum atomic E-state index is 13.2. The van der Waals surface area contributed by atoms with Gasteiger partial charge in [-0.2, -0.15) is 0 Å². The third-order valence-corrected chi connectivity index (χ3v) is 7.42. The lowest BCUT2D eigenvalue weighted by atomic mass is 10.1. The van der Waals surface area contributed by atoms with E-state index in [-0.39, 0.29) is 24.0 Å². The molecule has 0 unspecified atom stereocenters. The zero-order valence-corrected chi connectivity index (χ0v) is 27.0. The van der Waals surface area contributed by atoms with Gasteiger partial charge in [-0.25, -0.2) is 4.79 Å². The van der Waals surface area contributed by atoms with Crippen molar-refractivity contribution in [1.82, 2.24) is 4.90 Å². The van der Waals surface area contributed by atoms with Crippen LogP contribution in [0.25, 0.3) is 0 Å². The van der Waals surface area contributed by atoms with E-state index in [0.29, 0.717) is 67.3 Å². The molecule has 0 aliphatic carbocycles. The number of ether oxygens (including phenoxy) is 3. The molecule has 10 heteroatoms. The molecule has 0 radical (unpaired) electrons. The van der Waals surface area contributed by atoms with Crippen LogP contribution in [0.4, 0.5) is 21.9 Å². The van der Waals surface area contributed by atoms with E-state index in [0.717, 1.165) is 11.3 Å². The minimum Gasteiger partial charge on any atom is -0.490 e. The topological polar surface area (TPSA) is 109 Å². The summed E-state index contributed by atoms with van der Waals surface area (Å²) in [6.45, 7) is 9.82. The van der Waals surface area contributed by atoms with E-state index in [9.17, 15) is 14.4 Å². The minimum absolute atomic E-state index is 0.0732. The number of carbonyl (C=O) groups is 3. The molecule has 0 atom stereocenters. The van der Waals surface area contributed by atoms with Gasteiger partial charge < -0.3 is 34.6 Å². The molecule has 1 heterocycles. The van der Waals surface area contributed by atoms with Crippen LogP contribution < -0.4 is 20.3 Å². The van der Waals surface area contributed by atoms with Gasteiger partial charge in [0.2, 0.25) is 0 Å². The molecule has 0 aromatic heterocycles. The molecule has 1 fully saturated rings.